The number of thiazole rings is 2. The van der Waals surface area contributed by atoms with Crippen molar-refractivity contribution in [2.24, 2.45) is 0 Å². The molecule has 2 amide bonds. The van der Waals surface area contributed by atoms with E-state index in [9.17, 15) is 4.79 Å². The molecule has 9 nitrogen and oxygen atoms in total. The summed E-state index contributed by atoms with van der Waals surface area (Å²) >= 11 is 3.00. The van der Waals surface area contributed by atoms with E-state index in [0.717, 1.165) is 32.1 Å². The summed E-state index contributed by atoms with van der Waals surface area (Å²) in [5, 5.41) is 2.99. The molecule has 29 heavy (non-hydrogen) atoms. The number of hydrogen-bond acceptors (Lipinski definition) is 9. The molecule has 0 radical (unpaired) electrons. The van der Waals surface area contributed by atoms with Crippen LogP contribution in [-0.4, -0.2) is 56.5 Å². The number of anilines is 3. The van der Waals surface area contributed by atoms with E-state index in [-0.39, 0.29) is 18.0 Å². The van der Waals surface area contributed by atoms with Gasteiger partial charge < -0.3 is 20.9 Å². The van der Waals surface area contributed by atoms with E-state index in [1.807, 2.05) is 23.1 Å². The molecule has 0 spiro atoms. The largest absolute Gasteiger partial charge is 0.368 e. The minimum Gasteiger partial charge on any atom is -0.368 e. The summed E-state index contributed by atoms with van der Waals surface area (Å²) in [6.07, 6.45) is 0. The Hall–Kier alpha value is -3.05. The zero-order chi connectivity index (χ0) is 20.0. The topological polar surface area (TPSA) is 113 Å². The Morgan fingerprint density at radius 1 is 1.21 bits per heavy atom. The fourth-order valence-electron chi connectivity index (χ4n) is 3.56. The second-order valence-corrected chi connectivity index (χ2v) is 8.58. The first kappa shape index (κ1) is 18.0. The number of nitrogens with zero attached hydrogens (tertiary/aromatic N) is 6. The lowest BCUT2D eigenvalue weighted by Gasteiger charge is -2.40. The summed E-state index contributed by atoms with van der Waals surface area (Å²) in [5.74, 6) is 0.972. The molecule has 1 aromatic carbocycles. The van der Waals surface area contributed by atoms with Crippen molar-refractivity contribution in [3.63, 3.8) is 0 Å². The molecule has 0 aliphatic carbocycles. The van der Waals surface area contributed by atoms with Gasteiger partial charge in [-0.3, -0.25) is 0 Å². The number of nitrogens with two attached hydrogens (primary N) is 1. The first-order valence-corrected chi connectivity index (χ1v) is 10.9. The van der Waals surface area contributed by atoms with E-state index in [0.29, 0.717) is 19.6 Å². The third kappa shape index (κ3) is 3.32. The van der Waals surface area contributed by atoms with Crippen molar-refractivity contribution in [2.75, 3.05) is 35.6 Å². The van der Waals surface area contributed by atoms with Gasteiger partial charge in [-0.25, -0.2) is 19.7 Å². The minimum atomic E-state index is -0.110. The number of carbonyl (C=O) groups excluding carboxylic acids is 1. The van der Waals surface area contributed by atoms with Gasteiger partial charge in [0, 0.05) is 31.4 Å². The number of benzene rings is 1. The van der Waals surface area contributed by atoms with E-state index < -0.39 is 0 Å². The molecule has 1 aliphatic rings. The Labute approximate surface area is 174 Å². The summed E-state index contributed by atoms with van der Waals surface area (Å²) in [6, 6.07) is 5.70. The molecule has 3 aromatic heterocycles. The monoisotopic (exact) mass is 426 g/mol. The molecule has 0 bridgehead atoms. The van der Waals surface area contributed by atoms with Crippen molar-refractivity contribution in [3.05, 3.63) is 29.2 Å². The highest BCUT2D eigenvalue weighted by Gasteiger charge is 2.29. The molecule has 4 heterocycles. The van der Waals surface area contributed by atoms with Crippen LogP contribution in [0.2, 0.25) is 0 Å². The lowest BCUT2D eigenvalue weighted by molar-refractivity contribution is 0.200. The molecule has 4 aromatic rings. The van der Waals surface area contributed by atoms with Gasteiger partial charge in [0.1, 0.15) is 5.52 Å². The van der Waals surface area contributed by atoms with E-state index in [2.05, 4.69) is 37.1 Å². The van der Waals surface area contributed by atoms with E-state index in [1.54, 1.807) is 22.4 Å². The number of rotatable bonds is 2. The summed E-state index contributed by atoms with van der Waals surface area (Å²) in [4.78, 5) is 34.9. The maximum absolute atomic E-state index is 12.8. The van der Waals surface area contributed by atoms with Crippen molar-refractivity contribution < 1.29 is 4.79 Å². The number of aromatic nitrogens is 4. The Morgan fingerprint density at radius 3 is 2.93 bits per heavy atom. The highest BCUT2D eigenvalue weighted by atomic mass is 32.1. The van der Waals surface area contributed by atoms with Crippen LogP contribution >= 0.6 is 22.7 Å². The van der Waals surface area contributed by atoms with E-state index in [4.69, 9.17) is 5.73 Å². The average Bonchev–Trinajstić information content (AvgIpc) is 3.36. The zero-order valence-electron chi connectivity index (χ0n) is 15.6. The molecule has 148 valence electrons. The number of piperazine rings is 1. The number of amides is 2. The zero-order valence-corrected chi connectivity index (χ0v) is 17.2. The van der Waals surface area contributed by atoms with Gasteiger partial charge in [0.15, 0.2) is 10.6 Å². The van der Waals surface area contributed by atoms with Gasteiger partial charge >= 0.3 is 6.03 Å². The van der Waals surface area contributed by atoms with Gasteiger partial charge in [-0.05, 0) is 25.1 Å². The molecule has 1 saturated heterocycles. The second kappa shape index (κ2) is 7.08. The third-order valence-electron chi connectivity index (χ3n) is 4.97. The first-order valence-electron chi connectivity index (χ1n) is 9.11. The molecule has 1 atom stereocenters. The summed E-state index contributed by atoms with van der Waals surface area (Å²) in [5.41, 5.74) is 11.9. The van der Waals surface area contributed by atoms with Crippen LogP contribution in [0.4, 0.5) is 22.2 Å². The van der Waals surface area contributed by atoms with Crippen LogP contribution in [0.5, 0.6) is 0 Å². The summed E-state index contributed by atoms with van der Waals surface area (Å²) in [6.45, 7) is 3.86. The van der Waals surface area contributed by atoms with Gasteiger partial charge in [-0.15, -0.1) is 22.7 Å². The Morgan fingerprint density at radius 2 is 2.07 bits per heavy atom. The van der Waals surface area contributed by atoms with Crippen LogP contribution < -0.4 is 16.0 Å². The molecule has 1 fully saturated rings. The number of carbonyl (C=O) groups is 1. The number of fused-ring (bicyclic) bond motifs is 2. The lowest BCUT2D eigenvalue weighted by Crippen LogP contribution is -2.55. The maximum atomic E-state index is 12.8. The van der Waals surface area contributed by atoms with Gasteiger partial charge in [-0.1, -0.05) is 0 Å². The van der Waals surface area contributed by atoms with Crippen LogP contribution in [0.25, 0.3) is 20.6 Å². The predicted octanol–water partition coefficient (Wildman–Crippen LogP) is 3.02. The number of nitrogen functional groups attached to an aromatic ring is 1. The van der Waals surface area contributed by atoms with Crippen LogP contribution in [0, 0.1) is 0 Å². The van der Waals surface area contributed by atoms with Crippen molar-refractivity contribution in [3.8, 4) is 0 Å². The summed E-state index contributed by atoms with van der Waals surface area (Å²) in [7, 11) is 0. The van der Waals surface area contributed by atoms with Crippen molar-refractivity contribution in [1.82, 2.24) is 24.8 Å². The van der Waals surface area contributed by atoms with Gasteiger partial charge in [-0.2, -0.15) is 4.98 Å². The molecule has 1 aliphatic heterocycles. The molecule has 5 rings (SSSR count). The normalized spacial score (nSPS) is 17.2. The van der Waals surface area contributed by atoms with Crippen LogP contribution in [-0.2, 0) is 0 Å². The summed E-state index contributed by atoms with van der Waals surface area (Å²) < 4.78 is 1.05. The van der Waals surface area contributed by atoms with Gasteiger partial charge in [0.25, 0.3) is 0 Å². The standard InChI is InChI=1S/C18H18N8OS2/c1-10-7-25(18(27)22-11-2-3-12-13(6-11)28-8-20-12)4-5-26(10)15-14-16(29-9-21-14)24-17(19)23-15/h2-3,6,8-10H,4-5,7H2,1H3,(H,22,27)(H2,19,23,24). The fraction of sp³-hybridized carbons (Fsp3) is 0.278. The van der Waals surface area contributed by atoms with Crippen LogP contribution in [0.1, 0.15) is 6.92 Å². The van der Waals surface area contributed by atoms with Gasteiger partial charge in [0.2, 0.25) is 5.95 Å². The first-order chi connectivity index (χ1) is 14.1. The second-order valence-electron chi connectivity index (χ2n) is 6.86. The predicted molar refractivity (Wildman–Crippen MR) is 117 cm³/mol. The Kier molecular flexibility index (Phi) is 4.40. The number of urea groups is 1. The average molecular weight is 427 g/mol. The van der Waals surface area contributed by atoms with Crippen molar-refractivity contribution >= 4 is 66.7 Å². The van der Waals surface area contributed by atoms with Crippen molar-refractivity contribution in [1.29, 1.82) is 0 Å². The van der Waals surface area contributed by atoms with Crippen molar-refractivity contribution in [2.45, 2.75) is 13.0 Å². The SMILES string of the molecule is CC1CN(C(=O)Nc2ccc3ncsc3c2)CCN1c1nc(N)nc2scnc12. The maximum Gasteiger partial charge on any atom is 0.321 e. The third-order valence-corrected chi connectivity index (χ3v) is 6.48. The smallest absolute Gasteiger partial charge is 0.321 e. The number of nitrogens with one attached hydrogen (secondary N) is 1. The number of hydrogen-bond donors (Lipinski definition) is 2. The van der Waals surface area contributed by atoms with Crippen LogP contribution in [0.15, 0.2) is 29.2 Å². The molecular formula is C18H18N8OS2. The molecule has 3 N–H and O–H groups in total. The quantitative estimate of drug-likeness (QED) is 0.506. The Balaban J connectivity index is 1.31. The molecular weight excluding hydrogens is 408 g/mol. The van der Waals surface area contributed by atoms with E-state index >= 15 is 0 Å². The molecule has 0 saturated carbocycles. The highest BCUT2D eigenvalue weighted by Crippen LogP contribution is 2.29. The lowest BCUT2D eigenvalue weighted by atomic mass is 10.2. The molecule has 11 heteroatoms. The van der Waals surface area contributed by atoms with Crippen LogP contribution in [0.3, 0.4) is 0 Å². The fourth-order valence-corrected chi connectivity index (χ4v) is 4.93. The Bertz CT molecular complexity index is 1200. The van der Waals surface area contributed by atoms with E-state index in [1.165, 1.54) is 11.3 Å². The minimum absolute atomic E-state index is 0.0673. The van der Waals surface area contributed by atoms with Gasteiger partial charge in [0.05, 0.1) is 21.2 Å². The highest BCUT2D eigenvalue weighted by molar-refractivity contribution is 7.16. The molecule has 1 unspecified atom stereocenters.